The highest BCUT2D eigenvalue weighted by Crippen LogP contribution is 2.05. The average Bonchev–Trinajstić information content (AvgIpc) is 2.24. The van der Waals surface area contributed by atoms with Gasteiger partial charge >= 0.3 is 0 Å². The molecular formula is C10H22Cl2N2O. The lowest BCUT2D eigenvalue weighted by atomic mass is 10.4. The van der Waals surface area contributed by atoms with E-state index in [0.717, 1.165) is 19.6 Å². The van der Waals surface area contributed by atoms with Gasteiger partial charge in [-0.2, -0.15) is 0 Å². The van der Waals surface area contributed by atoms with Crippen molar-refractivity contribution in [1.82, 2.24) is 4.90 Å². The number of alkyl halides is 2. The molecule has 0 rings (SSSR count). The Kier molecular flexibility index (Phi) is 8.86. The summed E-state index contributed by atoms with van der Waals surface area (Å²) in [6, 6.07) is 0. The number of quaternary nitrogens is 1. The van der Waals surface area contributed by atoms with E-state index in [9.17, 15) is 5.21 Å². The van der Waals surface area contributed by atoms with Crippen molar-refractivity contribution in [1.29, 1.82) is 0 Å². The van der Waals surface area contributed by atoms with Crippen molar-refractivity contribution in [3.63, 3.8) is 0 Å². The SMILES string of the molecule is CCN(CCCl)CC[N+]([O-])(CC)CCCl. The number of hydrogen-bond donors (Lipinski definition) is 0. The van der Waals surface area contributed by atoms with Gasteiger partial charge in [-0.05, 0) is 13.5 Å². The Hall–Kier alpha value is 0.460. The summed E-state index contributed by atoms with van der Waals surface area (Å²) in [6.45, 7) is 8.28. The maximum atomic E-state index is 12.1. The van der Waals surface area contributed by atoms with Gasteiger partial charge in [-0.1, -0.05) is 6.92 Å². The molecule has 0 heterocycles. The number of hydrogen-bond acceptors (Lipinski definition) is 2. The molecule has 0 spiro atoms. The minimum Gasteiger partial charge on any atom is -0.633 e. The van der Waals surface area contributed by atoms with E-state index < -0.39 is 0 Å². The van der Waals surface area contributed by atoms with Crippen molar-refractivity contribution in [2.45, 2.75) is 13.8 Å². The molecule has 0 aliphatic heterocycles. The molecule has 0 aromatic heterocycles. The fourth-order valence-corrected chi connectivity index (χ4v) is 2.00. The fourth-order valence-electron chi connectivity index (χ4n) is 1.45. The summed E-state index contributed by atoms with van der Waals surface area (Å²) in [5.41, 5.74) is 0. The lowest BCUT2D eigenvalue weighted by Gasteiger charge is -2.42. The number of halogens is 2. The summed E-state index contributed by atoms with van der Waals surface area (Å²) >= 11 is 11.3. The first-order valence-corrected chi connectivity index (χ1v) is 6.60. The Morgan fingerprint density at radius 2 is 1.73 bits per heavy atom. The fraction of sp³-hybridized carbons (Fsp3) is 1.00. The maximum Gasteiger partial charge on any atom is 0.0921 e. The quantitative estimate of drug-likeness (QED) is 0.359. The van der Waals surface area contributed by atoms with Gasteiger partial charge in [0.05, 0.1) is 25.5 Å². The first-order chi connectivity index (χ1) is 7.11. The molecule has 15 heavy (non-hydrogen) atoms. The van der Waals surface area contributed by atoms with Crippen LogP contribution >= 0.6 is 23.2 Å². The molecule has 0 aromatic carbocycles. The predicted octanol–water partition coefficient (Wildman–Crippen LogP) is 2.12. The molecule has 0 fully saturated rings. The van der Waals surface area contributed by atoms with Gasteiger partial charge in [-0.15, -0.1) is 23.2 Å². The van der Waals surface area contributed by atoms with Crippen LogP contribution < -0.4 is 0 Å². The van der Waals surface area contributed by atoms with E-state index in [-0.39, 0.29) is 4.65 Å². The van der Waals surface area contributed by atoms with Gasteiger partial charge in [0.15, 0.2) is 0 Å². The average molecular weight is 257 g/mol. The Balaban J connectivity index is 3.96. The van der Waals surface area contributed by atoms with Crippen molar-refractivity contribution in [2.24, 2.45) is 0 Å². The summed E-state index contributed by atoms with van der Waals surface area (Å²) in [4.78, 5) is 2.20. The Morgan fingerprint density at radius 3 is 2.13 bits per heavy atom. The van der Waals surface area contributed by atoms with Gasteiger partial charge in [-0.3, -0.25) is 4.90 Å². The van der Waals surface area contributed by atoms with Gasteiger partial charge in [0.2, 0.25) is 0 Å². The molecule has 0 aromatic rings. The van der Waals surface area contributed by atoms with Crippen LogP contribution in [0.25, 0.3) is 0 Å². The maximum absolute atomic E-state index is 12.1. The van der Waals surface area contributed by atoms with Crippen LogP contribution in [-0.2, 0) is 0 Å². The van der Waals surface area contributed by atoms with Gasteiger partial charge in [-0.25, -0.2) is 0 Å². The molecule has 1 unspecified atom stereocenters. The van der Waals surface area contributed by atoms with Crippen LogP contribution in [0.2, 0.25) is 0 Å². The normalized spacial score (nSPS) is 15.6. The summed E-state index contributed by atoms with van der Waals surface area (Å²) in [5.74, 6) is 1.05. The van der Waals surface area contributed by atoms with Crippen molar-refractivity contribution < 1.29 is 4.65 Å². The van der Waals surface area contributed by atoms with Gasteiger partial charge in [0, 0.05) is 19.0 Å². The van der Waals surface area contributed by atoms with Crippen LogP contribution in [0, 0.1) is 5.21 Å². The summed E-state index contributed by atoms with van der Waals surface area (Å²) in [7, 11) is 0. The minimum atomic E-state index is -0.192. The summed E-state index contributed by atoms with van der Waals surface area (Å²) in [5, 5.41) is 12.1. The molecule has 5 heteroatoms. The van der Waals surface area contributed by atoms with Crippen molar-refractivity contribution in [3.8, 4) is 0 Å². The highest BCUT2D eigenvalue weighted by atomic mass is 35.5. The van der Waals surface area contributed by atoms with Crippen LogP contribution in [0.3, 0.4) is 0 Å². The zero-order chi connectivity index (χ0) is 11.7. The largest absolute Gasteiger partial charge is 0.633 e. The molecule has 0 saturated carbocycles. The molecule has 3 nitrogen and oxygen atoms in total. The third kappa shape index (κ3) is 6.59. The van der Waals surface area contributed by atoms with Crippen molar-refractivity contribution >= 4 is 23.2 Å². The lowest BCUT2D eigenvalue weighted by molar-refractivity contribution is -0.876. The lowest BCUT2D eigenvalue weighted by Crippen LogP contribution is -2.48. The number of rotatable bonds is 9. The molecule has 0 saturated heterocycles. The van der Waals surface area contributed by atoms with Gasteiger partial charge < -0.3 is 9.85 Å². The topological polar surface area (TPSA) is 26.3 Å². The number of nitrogens with zero attached hydrogens (tertiary/aromatic N) is 2. The van der Waals surface area contributed by atoms with Crippen LogP contribution in [-0.4, -0.2) is 60.6 Å². The molecular weight excluding hydrogens is 235 g/mol. The zero-order valence-electron chi connectivity index (χ0n) is 9.72. The minimum absolute atomic E-state index is 0.192. The highest BCUT2D eigenvalue weighted by Gasteiger charge is 2.14. The van der Waals surface area contributed by atoms with E-state index in [1.54, 1.807) is 0 Å². The molecule has 0 N–H and O–H groups in total. The third-order valence-electron chi connectivity index (χ3n) is 2.74. The molecule has 92 valence electrons. The van der Waals surface area contributed by atoms with E-state index in [1.807, 2.05) is 6.92 Å². The molecule has 0 aliphatic rings. The number of likely N-dealkylation sites (N-methyl/N-ethyl adjacent to an activating group) is 2. The molecule has 0 amide bonds. The number of hydroxylamine groups is 3. The van der Waals surface area contributed by atoms with E-state index in [0.29, 0.717) is 31.4 Å². The second-order valence-electron chi connectivity index (χ2n) is 3.63. The standard InChI is InChI=1S/C10H22Cl2N2O/c1-3-13(7-5-11)8-10-14(15,4-2)9-6-12/h3-10H2,1-2H3. The Labute approximate surface area is 103 Å². The van der Waals surface area contributed by atoms with Crippen LogP contribution in [0.5, 0.6) is 0 Å². The van der Waals surface area contributed by atoms with Crippen molar-refractivity contribution in [2.75, 3.05) is 51.0 Å². The van der Waals surface area contributed by atoms with E-state index in [4.69, 9.17) is 23.2 Å². The third-order valence-corrected chi connectivity index (χ3v) is 3.08. The first kappa shape index (κ1) is 15.5. The van der Waals surface area contributed by atoms with Crippen LogP contribution in [0.1, 0.15) is 13.8 Å². The second kappa shape index (κ2) is 8.59. The summed E-state index contributed by atoms with van der Waals surface area (Å²) in [6.07, 6.45) is 0. The van der Waals surface area contributed by atoms with Gasteiger partial charge in [0.1, 0.15) is 0 Å². The zero-order valence-corrected chi connectivity index (χ0v) is 11.2. The Bertz CT molecular complexity index is 160. The smallest absolute Gasteiger partial charge is 0.0921 e. The van der Waals surface area contributed by atoms with E-state index >= 15 is 0 Å². The van der Waals surface area contributed by atoms with Gasteiger partial charge in [0.25, 0.3) is 0 Å². The molecule has 0 radical (unpaired) electrons. The van der Waals surface area contributed by atoms with Crippen LogP contribution in [0.4, 0.5) is 0 Å². The van der Waals surface area contributed by atoms with Crippen LogP contribution in [0.15, 0.2) is 0 Å². The molecule has 1 atom stereocenters. The first-order valence-electron chi connectivity index (χ1n) is 5.53. The Morgan fingerprint density at radius 1 is 1.07 bits per heavy atom. The highest BCUT2D eigenvalue weighted by molar-refractivity contribution is 6.18. The van der Waals surface area contributed by atoms with Crippen molar-refractivity contribution in [3.05, 3.63) is 5.21 Å². The molecule has 0 bridgehead atoms. The predicted molar refractivity (Wildman–Crippen MR) is 67.5 cm³/mol. The second-order valence-corrected chi connectivity index (χ2v) is 4.39. The van der Waals surface area contributed by atoms with E-state index in [2.05, 4.69) is 11.8 Å². The van der Waals surface area contributed by atoms with E-state index in [1.165, 1.54) is 0 Å². The monoisotopic (exact) mass is 256 g/mol. The summed E-state index contributed by atoms with van der Waals surface area (Å²) < 4.78 is -0.192. The molecule has 0 aliphatic carbocycles.